The lowest BCUT2D eigenvalue weighted by molar-refractivity contribution is 0.0790. The Bertz CT molecular complexity index is 411. The molecule has 0 spiro atoms. The summed E-state index contributed by atoms with van der Waals surface area (Å²) in [6.07, 6.45) is 1.02. The molecule has 0 saturated carbocycles. The highest BCUT2D eigenvalue weighted by Crippen LogP contribution is 2.29. The van der Waals surface area contributed by atoms with E-state index in [1.54, 1.807) is 0 Å². The molecule has 3 nitrogen and oxygen atoms in total. The summed E-state index contributed by atoms with van der Waals surface area (Å²) in [6.45, 7) is 5.65. The Labute approximate surface area is 114 Å². The van der Waals surface area contributed by atoms with Crippen LogP contribution in [0.3, 0.4) is 0 Å². The lowest BCUT2D eigenvalue weighted by Crippen LogP contribution is -2.32. The van der Waals surface area contributed by atoms with Crippen molar-refractivity contribution in [3.05, 3.63) is 20.3 Å². The van der Waals surface area contributed by atoms with Crippen molar-refractivity contribution in [2.24, 2.45) is 11.7 Å². The van der Waals surface area contributed by atoms with E-state index in [1.807, 2.05) is 24.8 Å². The molecule has 2 atom stereocenters. The minimum absolute atomic E-state index is 0.145. The Hall–Kier alpha value is -0.390. The SMILES string of the molecule is Cc1cc(C(=O)N2CCC(C(C)N)C2)sc1Br. The van der Waals surface area contributed by atoms with Crippen molar-refractivity contribution < 1.29 is 4.79 Å². The fourth-order valence-electron chi connectivity index (χ4n) is 2.12. The quantitative estimate of drug-likeness (QED) is 0.911. The minimum Gasteiger partial charge on any atom is -0.338 e. The highest BCUT2D eigenvalue weighted by Gasteiger charge is 2.29. The van der Waals surface area contributed by atoms with Gasteiger partial charge in [0.1, 0.15) is 0 Å². The van der Waals surface area contributed by atoms with Crippen LogP contribution in [0.2, 0.25) is 0 Å². The van der Waals surface area contributed by atoms with E-state index in [1.165, 1.54) is 11.3 Å². The van der Waals surface area contributed by atoms with Crippen molar-refractivity contribution in [2.75, 3.05) is 13.1 Å². The van der Waals surface area contributed by atoms with Gasteiger partial charge in [-0.3, -0.25) is 4.79 Å². The van der Waals surface area contributed by atoms with E-state index in [0.29, 0.717) is 5.92 Å². The Balaban J connectivity index is 2.07. The maximum absolute atomic E-state index is 12.3. The largest absolute Gasteiger partial charge is 0.338 e. The van der Waals surface area contributed by atoms with Crippen LogP contribution >= 0.6 is 27.3 Å². The topological polar surface area (TPSA) is 46.3 Å². The van der Waals surface area contributed by atoms with Gasteiger partial charge in [0.05, 0.1) is 8.66 Å². The summed E-state index contributed by atoms with van der Waals surface area (Å²) < 4.78 is 1.05. The van der Waals surface area contributed by atoms with Crippen molar-refractivity contribution in [3.63, 3.8) is 0 Å². The Morgan fingerprint density at radius 2 is 2.41 bits per heavy atom. The highest BCUT2D eigenvalue weighted by atomic mass is 79.9. The number of aryl methyl sites for hydroxylation is 1. The van der Waals surface area contributed by atoms with E-state index in [-0.39, 0.29) is 11.9 Å². The Morgan fingerprint density at radius 1 is 1.71 bits per heavy atom. The second-order valence-electron chi connectivity index (χ2n) is 4.73. The molecule has 2 heterocycles. The lowest BCUT2D eigenvalue weighted by Gasteiger charge is -2.17. The molecule has 2 unspecified atom stereocenters. The Kier molecular flexibility index (Phi) is 3.90. The van der Waals surface area contributed by atoms with Gasteiger partial charge in [-0.25, -0.2) is 0 Å². The normalized spacial score (nSPS) is 21.9. The number of hydrogen-bond acceptors (Lipinski definition) is 3. The maximum Gasteiger partial charge on any atom is 0.263 e. The Morgan fingerprint density at radius 3 is 2.88 bits per heavy atom. The molecule has 2 N–H and O–H groups in total. The molecule has 2 rings (SSSR count). The van der Waals surface area contributed by atoms with Crippen molar-refractivity contribution in [3.8, 4) is 0 Å². The van der Waals surface area contributed by atoms with Crippen molar-refractivity contribution >= 4 is 33.2 Å². The number of halogens is 1. The number of carbonyl (C=O) groups excluding carboxylic acids is 1. The number of nitrogens with zero attached hydrogens (tertiary/aromatic N) is 1. The second-order valence-corrected chi connectivity index (χ2v) is 7.10. The summed E-state index contributed by atoms with van der Waals surface area (Å²) in [5.74, 6) is 0.593. The first kappa shape index (κ1) is 13.1. The summed E-state index contributed by atoms with van der Waals surface area (Å²) in [6, 6.07) is 2.13. The molecule has 0 bridgehead atoms. The lowest BCUT2D eigenvalue weighted by atomic mass is 10.0. The third kappa shape index (κ3) is 2.72. The summed E-state index contributed by atoms with van der Waals surface area (Å²) in [7, 11) is 0. The number of amides is 1. The van der Waals surface area contributed by atoms with Gasteiger partial charge in [0, 0.05) is 19.1 Å². The zero-order chi connectivity index (χ0) is 12.6. The van der Waals surface area contributed by atoms with Crippen molar-refractivity contribution in [1.29, 1.82) is 0 Å². The summed E-state index contributed by atoms with van der Waals surface area (Å²) in [4.78, 5) is 15.0. The molecular weight excluding hydrogens is 300 g/mol. The van der Waals surface area contributed by atoms with Gasteiger partial charge in [0.25, 0.3) is 5.91 Å². The summed E-state index contributed by atoms with van der Waals surface area (Å²) in [5.41, 5.74) is 7.01. The smallest absolute Gasteiger partial charge is 0.263 e. The molecule has 94 valence electrons. The van der Waals surface area contributed by atoms with Crippen molar-refractivity contribution in [1.82, 2.24) is 4.90 Å². The first-order valence-corrected chi connectivity index (χ1v) is 7.40. The molecule has 0 aromatic carbocycles. The van der Waals surface area contributed by atoms with Gasteiger partial charge in [-0.05, 0) is 53.7 Å². The predicted molar refractivity (Wildman–Crippen MR) is 74.4 cm³/mol. The first-order chi connectivity index (χ1) is 7.99. The zero-order valence-corrected chi connectivity index (χ0v) is 12.5. The molecule has 0 radical (unpaired) electrons. The highest BCUT2D eigenvalue weighted by molar-refractivity contribution is 9.11. The average Bonchev–Trinajstić information content (AvgIpc) is 2.86. The van der Waals surface area contributed by atoms with Gasteiger partial charge in [0.15, 0.2) is 0 Å². The van der Waals surface area contributed by atoms with E-state index in [9.17, 15) is 4.79 Å². The number of rotatable bonds is 2. The van der Waals surface area contributed by atoms with Crippen LogP contribution < -0.4 is 5.73 Å². The molecule has 1 fully saturated rings. The molecule has 1 aliphatic rings. The summed E-state index contributed by atoms with van der Waals surface area (Å²) >= 11 is 4.97. The van der Waals surface area contributed by atoms with Crippen LogP contribution in [0, 0.1) is 12.8 Å². The first-order valence-electron chi connectivity index (χ1n) is 5.80. The standard InChI is InChI=1S/C12H17BrN2OS/c1-7-5-10(17-11(7)13)12(16)15-4-3-9(6-15)8(2)14/h5,8-9H,3-4,6,14H2,1-2H3. The van der Waals surface area contributed by atoms with Gasteiger partial charge in [0.2, 0.25) is 0 Å². The number of carbonyl (C=O) groups is 1. The fraction of sp³-hybridized carbons (Fsp3) is 0.583. The van der Waals surface area contributed by atoms with Crippen LogP contribution in [0.4, 0.5) is 0 Å². The van der Waals surface area contributed by atoms with Crippen LogP contribution in [0.1, 0.15) is 28.6 Å². The number of nitrogens with two attached hydrogens (primary N) is 1. The van der Waals surface area contributed by atoms with Crippen LogP contribution in [-0.2, 0) is 0 Å². The molecule has 1 aromatic heterocycles. The fourth-order valence-corrected chi connectivity index (χ4v) is 3.62. The van der Waals surface area contributed by atoms with E-state index >= 15 is 0 Å². The molecule has 0 aliphatic carbocycles. The van der Waals surface area contributed by atoms with E-state index in [2.05, 4.69) is 15.9 Å². The molecule has 1 aromatic rings. The molecule has 5 heteroatoms. The van der Waals surface area contributed by atoms with Crippen molar-refractivity contribution in [2.45, 2.75) is 26.3 Å². The molecule has 17 heavy (non-hydrogen) atoms. The van der Waals surface area contributed by atoms with Gasteiger partial charge in [-0.2, -0.15) is 0 Å². The summed E-state index contributed by atoms with van der Waals surface area (Å²) in [5, 5.41) is 0. The van der Waals surface area contributed by atoms with Crippen LogP contribution in [0.5, 0.6) is 0 Å². The van der Waals surface area contributed by atoms with Gasteiger partial charge < -0.3 is 10.6 Å². The minimum atomic E-state index is 0.145. The van der Waals surface area contributed by atoms with Gasteiger partial charge in [-0.15, -0.1) is 11.3 Å². The monoisotopic (exact) mass is 316 g/mol. The molecule has 1 saturated heterocycles. The van der Waals surface area contributed by atoms with Crippen LogP contribution in [0.25, 0.3) is 0 Å². The van der Waals surface area contributed by atoms with E-state index < -0.39 is 0 Å². The molecular formula is C12H17BrN2OS. The van der Waals surface area contributed by atoms with E-state index in [4.69, 9.17) is 5.73 Å². The second kappa shape index (κ2) is 5.08. The van der Waals surface area contributed by atoms with E-state index in [0.717, 1.165) is 33.7 Å². The maximum atomic E-state index is 12.3. The van der Waals surface area contributed by atoms with Crippen LogP contribution in [0.15, 0.2) is 9.85 Å². The number of likely N-dealkylation sites (tertiary alicyclic amines) is 1. The molecule has 1 amide bonds. The third-order valence-corrected chi connectivity index (χ3v) is 5.45. The number of hydrogen-bond donors (Lipinski definition) is 1. The number of thiophene rings is 1. The zero-order valence-electron chi connectivity index (χ0n) is 10.1. The third-order valence-electron chi connectivity index (χ3n) is 3.32. The van der Waals surface area contributed by atoms with Crippen LogP contribution in [-0.4, -0.2) is 29.9 Å². The predicted octanol–water partition coefficient (Wildman–Crippen LogP) is 2.63. The van der Waals surface area contributed by atoms with Gasteiger partial charge >= 0.3 is 0 Å². The average molecular weight is 317 g/mol. The molecule has 1 aliphatic heterocycles. The van der Waals surface area contributed by atoms with Gasteiger partial charge in [-0.1, -0.05) is 0 Å².